The van der Waals surface area contributed by atoms with E-state index in [-0.39, 0.29) is 55.9 Å². The van der Waals surface area contributed by atoms with Crippen LogP contribution in [0.2, 0.25) is 0 Å². The first kappa shape index (κ1) is 44.1. The van der Waals surface area contributed by atoms with E-state index >= 15 is 0 Å². The third kappa shape index (κ3) is 7.53. The summed E-state index contributed by atoms with van der Waals surface area (Å²) in [6.45, 7) is 3.67. The molecule has 12 nitrogen and oxygen atoms in total. The summed E-state index contributed by atoms with van der Waals surface area (Å²) < 4.78 is 24.6. The number of alkyl carbamates (subject to hydrolysis) is 1. The Labute approximate surface area is 384 Å². The zero-order valence-corrected chi connectivity index (χ0v) is 37.2. The summed E-state index contributed by atoms with van der Waals surface area (Å²) in [5, 5.41) is 27.5. The van der Waals surface area contributed by atoms with Crippen LogP contribution in [0, 0.1) is 28.6 Å². The molecule has 342 valence electrons. The van der Waals surface area contributed by atoms with Crippen LogP contribution in [0.5, 0.6) is 0 Å². The number of aliphatic hydroxyl groups is 2. The molecule has 0 bridgehead atoms. The SMILES string of the molecule is CC12C=CC(=O)C=C1CC[C@@H]1[C@@H]2C(O)C[C@@]2(C)[C@H]1C[C@H]1O[C@@H](c3ccc(Cc4ccc(COCNC(=O)CNC(=O)OCC5c6ccccc6-c6ccccc65)cc4)cc3)O[C@]12C(=O)CO. The molecular formula is C54H56N2O10. The minimum atomic E-state index is -1.40. The Balaban J connectivity index is 0.686. The van der Waals surface area contributed by atoms with E-state index in [4.69, 9.17) is 18.9 Å². The summed E-state index contributed by atoms with van der Waals surface area (Å²) >= 11 is 0. The number of rotatable bonds is 13. The second-order valence-electron chi connectivity index (χ2n) is 19.3. The van der Waals surface area contributed by atoms with E-state index in [0.29, 0.717) is 19.3 Å². The number of hydrogen-bond acceptors (Lipinski definition) is 10. The quantitative estimate of drug-likeness (QED) is 0.0810. The molecule has 6 aliphatic rings. The molecule has 9 atom stereocenters. The number of ether oxygens (including phenoxy) is 4. The smallest absolute Gasteiger partial charge is 0.407 e. The summed E-state index contributed by atoms with van der Waals surface area (Å²) in [7, 11) is 0. The predicted octanol–water partition coefficient (Wildman–Crippen LogP) is 7.01. The molecular weight excluding hydrogens is 837 g/mol. The van der Waals surface area contributed by atoms with Gasteiger partial charge >= 0.3 is 6.09 Å². The van der Waals surface area contributed by atoms with Crippen molar-refractivity contribution in [1.82, 2.24) is 10.6 Å². The average Bonchev–Trinajstić information content (AvgIpc) is 3.95. The molecule has 0 radical (unpaired) electrons. The zero-order chi connectivity index (χ0) is 45.8. The van der Waals surface area contributed by atoms with Gasteiger partial charge in [0, 0.05) is 28.2 Å². The van der Waals surface area contributed by atoms with Crippen molar-refractivity contribution in [2.45, 2.75) is 82.6 Å². The van der Waals surface area contributed by atoms with Crippen LogP contribution in [0.3, 0.4) is 0 Å². The highest BCUT2D eigenvalue weighted by molar-refractivity contribution is 6.01. The fourth-order valence-corrected chi connectivity index (χ4v) is 12.8. The van der Waals surface area contributed by atoms with Gasteiger partial charge in [0.15, 0.2) is 23.5 Å². The van der Waals surface area contributed by atoms with Gasteiger partial charge in [0.1, 0.15) is 26.5 Å². The standard InChI is InChI=1S/C54H56N2O10/c1-52-22-21-37(58)24-36(52)19-20-42-44-25-47-54(46(60)28-57,53(44,2)26-45(59)49(42)52)66-50(65-47)35-17-15-33(16-18-35)23-32-11-13-34(14-12-32)29-63-31-56-48(61)27-55-51(62)64-30-43-40-9-5-3-7-38(40)39-8-4-6-10-41(39)43/h3-18,21-22,24,42-45,47,49-50,57,59H,19-20,23,25-31H2,1-2H3,(H,55,62)(H,56,61)/t42-,44-,45?,47+,49+,50+,52?,53-,54+/m0/s1. The number of carbonyl (C=O) groups excluding carboxylic acids is 4. The van der Waals surface area contributed by atoms with Gasteiger partial charge in [-0.25, -0.2) is 4.79 Å². The normalized spacial score (nSPS) is 30.2. The van der Waals surface area contributed by atoms with Crippen molar-refractivity contribution in [2.24, 2.45) is 28.6 Å². The summed E-state index contributed by atoms with van der Waals surface area (Å²) in [6.07, 6.45) is 5.69. The maximum Gasteiger partial charge on any atom is 0.407 e. The highest BCUT2D eigenvalue weighted by Gasteiger charge is 2.76. The van der Waals surface area contributed by atoms with E-state index in [9.17, 15) is 29.4 Å². The zero-order valence-electron chi connectivity index (χ0n) is 37.2. The lowest BCUT2D eigenvalue weighted by Gasteiger charge is -2.59. The topological polar surface area (TPSA) is 170 Å². The minimum absolute atomic E-state index is 0.0136. The lowest BCUT2D eigenvalue weighted by atomic mass is 9.46. The monoisotopic (exact) mass is 892 g/mol. The second kappa shape index (κ2) is 17.5. The highest BCUT2D eigenvalue weighted by Crippen LogP contribution is 2.70. The summed E-state index contributed by atoms with van der Waals surface area (Å²) in [4.78, 5) is 51.1. The molecule has 3 saturated carbocycles. The molecule has 4 fully saturated rings. The van der Waals surface area contributed by atoms with Gasteiger partial charge in [0.2, 0.25) is 5.91 Å². The Bertz CT molecular complexity index is 2560. The lowest BCUT2D eigenvalue weighted by molar-refractivity contribution is -0.201. The molecule has 0 spiro atoms. The van der Waals surface area contributed by atoms with Gasteiger partial charge in [-0.1, -0.05) is 123 Å². The second-order valence-corrected chi connectivity index (χ2v) is 19.3. The van der Waals surface area contributed by atoms with Crippen molar-refractivity contribution < 1.29 is 48.3 Å². The van der Waals surface area contributed by atoms with Crippen LogP contribution < -0.4 is 10.6 Å². The van der Waals surface area contributed by atoms with Crippen molar-refractivity contribution in [3.8, 4) is 11.1 Å². The summed E-state index contributed by atoms with van der Waals surface area (Å²) in [5.41, 5.74) is 6.85. The summed E-state index contributed by atoms with van der Waals surface area (Å²) in [5.74, 6) is -0.877. The van der Waals surface area contributed by atoms with Crippen LogP contribution in [0.15, 0.2) is 121 Å². The molecule has 2 unspecified atom stereocenters. The van der Waals surface area contributed by atoms with Crippen molar-refractivity contribution in [3.63, 3.8) is 0 Å². The molecule has 1 heterocycles. The number of ketones is 2. The van der Waals surface area contributed by atoms with E-state index in [1.54, 1.807) is 12.2 Å². The molecule has 2 amide bonds. The molecule has 4 aromatic carbocycles. The largest absolute Gasteiger partial charge is 0.449 e. The van der Waals surface area contributed by atoms with Gasteiger partial charge in [0.25, 0.3) is 0 Å². The van der Waals surface area contributed by atoms with E-state index in [1.165, 1.54) is 0 Å². The molecule has 66 heavy (non-hydrogen) atoms. The molecule has 4 N–H and O–H groups in total. The van der Waals surface area contributed by atoms with Gasteiger partial charge in [0.05, 0.1) is 18.8 Å². The maximum absolute atomic E-state index is 13.9. The van der Waals surface area contributed by atoms with Gasteiger partial charge in [-0.05, 0) is 95.0 Å². The predicted molar refractivity (Wildman–Crippen MR) is 243 cm³/mol. The molecule has 1 aliphatic heterocycles. The Morgan fingerprint density at radius 1 is 0.864 bits per heavy atom. The lowest BCUT2D eigenvalue weighted by Crippen LogP contribution is -2.63. The van der Waals surface area contributed by atoms with Crippen molar-refractivity contribution >= 4 is 23.6 Å². The van der Waals surface area contributed by atoms with Gasteiger partial charge < -0.3 is 39.8 Å². The van der Waals surface area contributed by atoms with Gasteiger partial charge in [-0.2, -0.15) is 0 Å². The number of fused-ring (bicyclic) bond motifs is 10. The third-order valence-electron chi connectivity index (χ3n) is 15.9. The molecule has 10 rings (SSSR count). The van der Waals surface area contributed by atoms with E-state index in [1.807, 2.05) is 85.8 Å². The average molecular weight is 893 g/mol. The molecule has 1 saturated heterocycles. The molecule has 12 heteroatoms. The Morgan fingerprint density at radius 3 is 2.23 bits per heavy atom. The first-order chi connectivity index (χ1) is 31.9. The minimum Gasteiger partial charge on any atom is -0.449 e. The Hall–Kier alpha value is -5.76. The van der Waals surface area contributed by atoms with Crippen LogP contribution in [-0.2, 0) is 46.4 Å². The number of Topliss-reactive ketones (excluding diaryl/α,β-unsaturated/α-hetero) is 1. The Kier molecular flexibility index (Phi) is 11.7. The fourth-order valence-electron chi connectivity index (χ4n) is 12.8. The van der Waals surface area contributed by atoms with Crippen LogP contribution in [0.4, 0.5) is 4.79 Å². The number of hydrogen-bond donors (Lipinski definition) is 4. The maximum atomic E-state index is 13.9. The fraction of sp³-hybridized carbons (Fsp3) is 0.407. The number of benzene rings is 4. The first-order valence-corrected chi connectivity index (χ1v) is 23.1. The summed E-state index contributed by atoms with van der Waals surface area (Å²) in [6, 6.07) is 32.2. The number of amides is 2. The first-order valence-electron chi connectivity index (χ1n) is 23.1. The van der Waals surface area contributed by atoms with E-state index < -0.39 is 59.3 Å². The number of allylic oxidation sites excluding steroid dienone is 4. The number of carbonyl (C=O) groups is 4. The van der Waals surface area contributed by atoms with Crippen LogP contribution in [0.1, 0.15) is 85.1 Å². The number of aliphatic hydroxyl groups excluding tert-OH is 2. The molecule has 5 aliphatic carbocycles. The highest BCUT2D eigenvalue weighted by atomic mass is 16.7. The van der Waals surface area contributed by atoms with E-state index in [2.05, 4.69) is 41.8 Å². The Morgan fingerprint density at radius 2 is 1.53 bits per heavy atom. The molecule has 4 aromatic rings. The van der Waals surface area contributed by atoms with Crippen LogP contribution in [-0.4, -0.2) is 78.1 Å². The van der Waals surface area contributed by atoms with Crippen LogP contribution in [0.25, 0.3) is 11.1 Å². The van der Waals surface area contributed by atoms with Crippen molar-refractivity contribution in [2.75, 3.05) is 26.5 Å². The third-order valence-corrected chi connectivity index (χ3v) is 15.9. The van der Waals surface area contributed by atoms with Crippen LogP contribution >= 0.6 is 0 Å². The molecule has 0 aromatic heterocycles. The van der Waals surface area contributed by atoms with Crippen molar-refractivity contribution in [3.05, 3.63) is 154 Å². The van der Waals surface area contributed by atoms with Gasteiger partial charge in [-0.15, -0.1) is 0 Å². The van der Waals surface area contributed by atoms with Crippen molar-refractivity contribution in [1.29, 1.82) is 0 Å². The van der Waals surface area contributed by atoms with E-state index in [0.717, 1.165) is 62.9 Å². The van der Waals surface area contributed by atoms with Gasteiger partial charge in [-0.3, -0.25) is 14.4 Å². The number of nitrogens with one attached hydrogen (secondary N) is 2.